The maximum Gasteiger partial charge on any atom is 0.302 e. The molecule has 0 aromatic rings. The first-order chi connectivity index (χ1) is 14.7. The van der Waals surface area contributed by atoms with Gasteiger partial charge in [0.2, 0.25) is 0 Å². The minimum Gasteiger partial charge on any atom is -0.466 e. The summed E-state index contributed by atoms with van der Waals surface area (Å²) >= 11 is 0. The van der Waals surface area contributed by atoms with Gasteiger partial charge in [0, 0.05) is 13.8 Å². The Morgan fingerprint density at radius 1 is 0.935 bits per heavy atom. The van der Waals surface area contributed by atoms with Gasteiger partial charge in [-0.25, -0.2) is 0 Å². The van der Waals surface area contributed by atoms with E-state index in [0.717, 1.165) is 30.6 Å². The lowest BCUT2D eigenvalue weighted by Crippen LogP contribution is -2.50. The van der Waals surface area contributed by atoms with Crippen LogP contribution >= 0.6 is 0 Å². The van der Waals surface area contributed by atoms with Gasteiger partial charge in [-0.15, -0.1) is 0 Å². The fourth-order valence-electron chi connectivity index (χ4n) is 8.28. The van der Waals surface area contributed by atoms with Crippen LogP contribution in [-0.4, -0.2) is 25.2 Å². The standard InChI is InChI=1S/C27H42O4/c1-18(28)30-15-11-20-9-13-27(4)22(17-20)5-7-23-24-8-6-21(12-16-31-19(2)29)26(24,3)14-10-25(23)27/h5,20-21,23-25H,6-17H2,1-4H3/t20?,21?,23-,24-,25+,26+,27-/m0/s1. The minimum atomic E-state index is -0.159. The van der Waals surface area contributed by atoms with Gasteiger partial charge < -0.3 is 9.47 Å². The zero-order valence-corrected chi connectivity index (χ0v) is 20.1. The van der Waals surface area contributed by atoms with E-state index in [-0.39, 0.29) is 11.9 Å². The molecule has 0 aliphatic heterocycles. The highest BCUT2D eigenvalue weighted by atomic mass is 16.5. The van der Waals surface area contributed by atoms with E-state index in [9.17, 15) is 9.59 Å². The summed E-state index contributed by atoms with van der Waals surface area (Å²) in [5, 5.41) is 0. The Bertz CT molecular complexity index is 727. The van der Waals surface area contributed by atoms with E-state index in [1.807, 2.05) is 0 Å². The highest BCUT2D eigenvalue weighted by molar-refractivity contribution is 5.66. The van der Waals surface area contributed by atoms with Crippen LogP contribution < -0.4 is 0 Å². The van der Waals surface area contributed by atoms with Gasteiger partial charge in [0.1, 0.15) is 0 Å². The molecule has 4 rings (SSSR count). The van der Waals surface area contributed by atoms with Crippen LogP contribution in [0.25, 0.3) is 0 Å². The number of rotatable bonds is 6. The molecule has 2 unspecified atom stereocenters. The molecule has 4 nitrogen and oxygen atoms in total. The third kappa shape index (κ3) is 4.33. The molecule has 4 heteroatoms. The predicted molar refractivity (Wildman–Crippen MR) is 121 cm³/mol. The van der Waals surface area contributed by atoms with Crippen LogP contribution in [0.2, 0.25) is 0 Å². The molecule has 4 aliphatic carbocycles. The topological polar surface area (TPSA) is 52.6 Å². The molecule has 0 spiro atoms. The van der Waals surface area contributed by atoms with Crippen molar-refractivity contribution in [2.75, 3.05) is 13.2 Å². The summed E-state index contributed by atoms with van der Waals surface area (Å²) < 4.78 is 10.5. The van der Waals surface area contributed by atoms with Crippen molar-refractivity contribution in [3.63, 3.8) is 0 Å². The van der Waals surface area contributed by atoms with Crippen molar-refractivity contribution in [1.82, 2.24) is 0 Å². The second kappa shape index (κ2) is 8.90. The predicted octanol–water partition coefficient (Wildman–Crippen LogP) is 6.09. The fraction of sp³-hybridized carbons (Fsp3) is 0.852. The number of hydrogen-bond acceptors (Lipinski definition) is 4. The van der Waals surface area contributed by atoms with Crippen molar-refractivity contribution >= 4 is 11.9 Å². The van der Waals surface area contributed by atoms with Crippen LogP contribution in [0.3, 0.4) is 0 Å². The lowest BCUT2D eigenvalue weighted by Gasteiger charge is -2.58. The third-order valence-corrected chi connectivity index (χ3v) is 10.0. The molecule has 0 aromatic heterocycles. The average molecular weight is 431 g/mol. The number of carbonyl (C=O) groups is 2. The molecule has 0 amide bonds. The van der Waals surface area contributed by atoms with Gasteiger partial charge >= 0.3 is 11.9 Å². The lowest BCUT2D eigenvalue weighted by atomic mass is 9.47. The van der Waals surface area contributed by atoms with Gasteiger partial charge in [0.15, 0.2) is 0 Å². The van der Waals surface area contributed by atoms with Crippen LogP contribution in [0, 0.1) is 40.4 Å². The third-order valence-electron chi connectivity index (χ3n) is 10.0. The van der Waals surface area contributed by atoms with Gasteiger partial charge in [0.25, 0.3) is 0 Å². The summed E-state index contributed by atoms with van der Waals surface area (Å²) in [6, 6.07) is 0. The van der Waals surface area contributed by atoms with E-state index in [0.29, 0.717) is 35.9 Å². The molecular weight excluding hydrogens is 388 g/mol. The summed E-state index contributed by atoms with van der Waals surface area (Å²) in [5.74, 6) is 3.54. The quantitative estimate of drug-likeness (QED) is 0.378. The van der Waals surface area contributed by atoms with E-state index in [2.05, 4.69) is 19.9 Å². The molecule has 3 saturated carbocycles. The Balaban J connectivity index is 1.42. The molecule has 31 heavy (non-hydrogen) atoms. The molecule has 0 saturated heterocycles. The number of hydrogen-bond donors (Lipinski definition) is 0. The first-order valence-electron chi connectivity index (χ1n) is 12.7. The van der Waals surface area contributed by atoms with Crippen molar-refractivity contribution < 1.29 is 19.1 Å². The number of fused-ring (bicyclic) bond motifs is 5. The molecular formula is C27H42O4. The number of ether oxygens (including phenoxy) is 2. The van der Waals surface area contributed by atoms with Crippen molar-refractivity contribution in [1.29, 1.82) is 0 Å². The zero-order valence-electron chi connectivity index (χ0n) is 20.1. The van der Waals surface area contributed by atoms with E-state index in [1.54, 1.807) is 5.57 Å². The highest BCUT2D eigenvalue weighted by Gasteiger charge is 2.58. The maximum atomic E-state index is 11.2. The van der Waals surface area contributed by atoms with E-state index >= 15 is 0 Å². The minimum absolute atomic E-state index is 0.148. The second-order valence-corrected chi connectivity index (χ2v) is 11.4. The smallest absolute Gasteiger partial charge is 0.302 e. The van der Waals surface area contributed by atoms with E-state index < -0.39 is 0 Å². The van der Waals surface area contributed by atoms with Gasteiger partial charge in [-0.3, -0.25) is 9.59 Å². The van der Waals surface area contributed by atoms with Crippen LogP contribution in [0.1, 0.15) is 91.9 Å². The zero-order chi connectivity index (χ0) is 22.2. The number of esters is 2. The molecule has 0 heterocycles. The summed E-state index contributed by atoms with van der Waals surface area (Å²) in [7, 11) is 0. The Hall–Kier alpha value is -1.32. The molecule has 0 bridgehead atoms. The van der Waals surface area contributed by atoms with Gasteiger partial charge in [0.05, 0.1) is 13.2 Å². The Kier molecular flexibility index (Phi) is 6.57. The van der Waals surface area contributed by atoms with Gasteiger partial charge in [-0.2, -0.15) is 0 Å². The summed E-state index contributed by atoms with van der Waals surface area (Å²) in [4.78, 5) is 22.3. The number of carbonyl (C=O) groups excluding carboxylic acids is 2. The van der Waals surface area contributed by atoms with Gasteiger partial charge in [-0.05, 0) is 105 Å². The normalized spacial score (nSPS) is 41.4. The van der Waals surface area contributed by atoms with Crippen LogP contribution in [0.5, 0.6) is 0 Å². The summed E-state index contributed by atoms with van der Waals surface area (Å²) in [6.45, 7) is 9.29. The van der Waals surface area contributed by atoms with Crippen molar-refractivity contribution in [3.05, 3.63) is 11.6 Å². The van der Waals surface area contributed by atoms with Crippen molar-refractivity contribution in [3.8, 4) is 0 Å². The SMILES string of the molecule is CC(=O)OCCC1CC[C@@]2(C)C(=CC[C@@H]3[C@H]2CC[C@]2(C)C(CCOC(C)=O)CC[C@@H]32)C1. The monoisotopic (exact) mass is 430 g/mol. The van der Waals surface area contributed by atoms with Gasteiger partial charge in [-0.1, -0.05) is 25.5 Å². The second-order valence-electron chi connectivity index (χ2n) is 11.4. The molecule has 3 fully saturated rings. The molecule has 0 aromatic carbocycles. The summed E-state index contributed by atoms with van der Waals surface area (Å²) in [5.41, 5.74) is 2.50. The Morgan fingerprint density at radius 3 is 2.35 bits per heavy atom. The Morgan fingerprint density at radius 2 is 1.65 bits per heavy atom. The molecule has 0 radical (unpaired) electrons. The van der Waals surface area contributed by atoms with Crippen LogP contribution in [0.4, 0.5) is 0 Å². The molecule has 4 aliphatic rings. The van der Waals surface area contributed by atoms with E-state index in [4.69, 9.17) is 9.47 Å². The van der Waals surface area contributed by atoms with Crippen LogP contribution in [-0.2, 0) is 19.1 Å². The molecule has 0 N–H and O–H groups in total. The highest BCUT2D eigenvalue weighted by Crippen LogP contribution is 2.67. The molecule has 7 atom stereocenters. The fourth-order valence-corrected chi connectivity index (χ4v) is 8.28. The molecule has 174 valence electrons. The Labute approximate surface area is 188 Å². The van der Waals surface area contributed by atoms with Crippen LogP contribution in [0.15, 0.2) is 11.6 Å². The average Bonchev–Trinajstić information content (AvgIpc) is 3.04. The van der Waals surface area contributed by atoms with Crippen molar-refractivity contribution in [2.45, 2.75) is 91.9 Å². The largest absolute Gasteiger partial charge is 0.466 e. The van der Waals surface area contributed by atoms with E-state index in [1.165, 1.54) is 65.2 Å². The van der Waals surface area contributed by atoms with Crippen molar-refractivity contribution in [2.24, 2.45) is 40.4 Å². The summed E-state index contributed by atoms with van der Waals surface area (Å²) in [6.07, 6.45) is 15.0. The first kappa shape index (κ1) is 22.9. The lowest BCUT2D eigenvalue weighted by molar-refractivity contribution is -0.142. The maximum absolute atomic E-state index is 11.2. The number of allylic oxidation sites excluding steroid dienone is 2. The first-order valence-corrected chi connectivity index (χ1v) is 12.7.